The number of carbonyl (C=O) groups excluding carboxylic acids is 4. The number of likely N-dealkylation sites (tertiary alicyclic amines) is 2. The van der Waals surface area contributed by atoms with Crippen LogP contribution in [-0.2, 0) is 25.6 Å². The number of benzene rings is 1. The molecule has 2 saturated heterocycles. The third-order valence-corrected chi connectivity index (χ3v) is 7.87. The zero-order valence-electron chi connectivity index (χ0n) is 24.2. The molecule has 2 aliphatic heterocycles. The molecule has 0 aromatic heterocycles. The SMILES string of the molecule is CC(=O)N[C@@H](CCCN=C(N)N)C(=O)N1CCC[C@@]12CCN([C@H](C(=O)NCCc1ccc(C)cc1)C(C)C)C2=O. The minimum atomic E-state index is -0.997. The first-order valence-corrected chi connectivity index (χ1v) is 14.2. The fourth-order valence-corrected chi connectivity index (χ4v) is 5.92. The average molecular weight is 556 g/mol. The van der Waals surface area contributed by atoms with Gasteiger partial charge in [-0.25, -0.2) is 0 Å². The van der Waals surface area contributed by atoms with Crippen molar-refractivity contribution in [3.05, 3.63) is 35.4 Å². The number of nitrogens with two attached hydrogens (primary N) is 2. The first-order chi connectivity index (χ1) is 19.0. The molecule has 0 saturated carbocycles. The second kappa shape index (κ2) is 13.6. The van der Waals surface area contributed by atoms with Crippen molar-refractivity contribution in [2.75, 3.05) is 26.2 Å². The third-order valence-electron chi connectivity index (χ3n) is 7.87. The number of aryl methyl sites for hydroxylation is 1. The largest absolute Gasteiger partial charge is 0.370 e. The second-order valence-electron chi connectivity index (χ2n) is 11.3. The van der Waals surface area contributed by atoms with Crippen LogP contribution in [0.3, 0.4) is 0 Å². The van der Waals surface area contributed by atoms with Crippen LogP contribution in [0.25, 0.3) is 0 Å². The summed E-state index contributed by atoms with van der Waals surface area (Å²) in [6, 6.07) is 6.78. The van der Waals surface area contributed by atoms with E-state index in [1.165, 1.54) is 12.5 Å². The summed E-state index contributed by atoms with van der Waals surface area (Å²) < 4.78 is 0. The Hall–Kier alpha value is -3.63. The standard InChI is InChI=1S/C29H45N7O4/c1-19(2)24(25(38)32-16-12-22-10-8-20(3)9-11-22)35-18-14-29(27(35)40)13-6-17-36(29)26(39)23(34-21(4)37)7-5-15-33-28(30)31/h8-11,19,23-24H,5-7,12-18H2,1-4H3,(H,32,38)(H,34,37)(H4,30,31,33)/t23-,24-,29-/m0/s1. The molecule has 3 rings (SSSR count). The Morgan fingerprint density at radius 3 is 2.42 bits per heavy atom. The van der Waals surface area contributed by atoms with E-state index in [1.54, 1.807) is 9.80 Å². The Morgan fingerprint density at radius 1 is 1.10 bits per heavy atom. The number of hydrogen-bond acceptors (Lipinski definition) is 5. The molecule has 11 nitrogen and oxygen atoms in total. The monoisotopic (exact) mass is 555 g/mol. The minimum absolute atomic E-state index is 0.0311. The Labute approximate surface area is 237 Å². The fourth-order valence-electron chi connectivity index (χ4n) is 5.92. The van der Waals surface area contributed by atoms with Gasteiger partial charge in [0.2, 0.25) is 23.6 Å². The highest BCUT2D eigenvalue weighted by atomic mass is 16.2. The molecule has 6 N–H and O–H groups in total. The van der Waals surface area contributed by atoms with E-state index in [9.17, 15) is 19.2 Å². The van der Waals surface area contributed by atoms with Crippen LogP contribution < -0.4 is 22.1 Å². The molecule has 40 heavy (non-hydrogen) atoms. The van der Waals surface area contributed by atoms with E-state index < -0.39 is 17.6 Å². The molecule has 1 aromatic carbocycles. The van der Waals surface area contributed by atoms with Crippen LogP contribution in [0.5, 0.6) is 0 Å². The number of amides is 4. The highest BCUT2D eigenvalue weighted by Crippen LogP contribution is 2.40. The van der Waals surface area contributed by atoms with Crippen molar-refractivity contribution in [2.24, 2.45) is 22.4 Å². The van der Waals surface area contributed by atoms with Gasteiger partial charge in [-0.15, -0.1) is 0 Å². The van der Waals surface area contributed by atoms with Crippen molar-refractivity contribution in [2.45, 2.75) is 83.8 Å². The highest BCUT2D eigenvalue weighted by molar-refractivity contribution is 5.98. The first kappa shape index (κ1) is 30.9. The van der Waals surface area contributed by atoms with Gasteiger partial charge in [-0.05, 0) is 56.9 Å². The van der Waals surface area contributed by atoms with Gasteiger partial charge in [-0.3, -0.25) is 24.2 Å². The molecule has 0 bridgehead atoms. The van der Waals surface area contributed by atoms with Crippen molar-refractivity contribution < 1.29 is 19.2 Å². The van der Waals surface area contributed by atoms with E-state index in [1.807, 2.05) is 32.9 Å². The molecule has 2 heterocycles. The van der Waals surface area contributed by atoms with Crippen molar-refractivity contribution in [3.63, 3.8) is 0 Å². The number of rotatable bonds is 12. The van der Waals surface area contributed by atoms with Crippen LogP contribution in [0.4, 0.5) is 0 Å². The molecular formula is C29H45N7O4. The smallest absolute Gasteiger partial charge is 0.249 e. The molecule has 0 unspecified atom stereocenters. The third kappa shape index (κ3) is 7.31. The molecule has 1 aromatic rings. The van der Waals surface area contributed by atoms with Crippen LogP contribution in [0, 0.1) is 12.8 Å². The number of carbonyl (C=O) groups is 4. The Kier molecular flexibility index (Phi) is 10.5. The Morgan fingerprint density at radius 2 is 1.80 bits per heavy atom. The van der Waals surface area contributed by atoms with Crippen molar-refractivity contribution in [1.82, 2.24) is 20.4 Å². The molecule has 2 fully saturated rings. The zero-order chi connectivity index (χ0) is 29.4. The minimum Gasteiger partial charge on any atom is -0.370 e. The van der Waals surface area contributed by atoms with Crippen LogP contribution in [0.15, 0.2) is 29.3 Å². The fraction of sp³-hybridized carbons (Fsp3) is 0.621. The van der Waals surface area contributed by atoms with Crippen LogP contribution in [-0.4, -0.2) is 83.2 Å². The van der Waals surface area contributed by atoms with Gasteiger partial charge in [0.05, 0.1) is 0 Å². The van der Waals surface area contributed by atoms with Crippen molar-refractivity contribution in [3.8, 4) is 0 Å². The molecule has 3 atom stereocenters. The number of nitrogens with one attached hydrogen (secondary N) is 2. The summed E-state index contributed by atoms with van der Waals surface area (Å²) in [6.45, 7) is 8.90. The normalized spacial score (nSPS) is 20.1. The Balaban J connectivity index is 1.70. The molecule has 220 valence electrons. The predicted molar refractivity (Wildman–Crippen MR) is 154 cm³/mol. The lowest BCUT2D eigenvalue weighted by Crippen LogP contribution is -2.60. The van der Waals surface area contributed by atoms with Gasteiger partial charge in [0.15, 0.2) is 5.96 Å². The summed E-state index contributed by atoms with van der Waals surface area (Å²) in [5.41, 5.74) is 12.1. The molecule has 1 spiro atoms. The zero-order valence-corrected chi connectivity index (χ0v) is 24.2. The van der Waals surface area contributed by atoms with E-state index >= 15 is 0 Å². The van der Waals surface area contributed by atoms with Gasteiger partial charge in [0.25, 0.3) is 0 Å². The molecule has 0 aliphatic carbocycles. The Bertz CT molecular complexity index is 1100. The molecule has 0 radical (unpaired) electrons. The molecule has 4 amide bonds. The van der Waals surface area contributed by atoms with Crippen molar-refractivity contribution in [1.29, 1.82) is 0 Å². The van der Waals surface area contributed by atoms with Gasteiger partial charge < -0.3 is 31.9 Å². The van der Waals surface area contributed by atoms with Gasteiger partial charge in [-0.2, -0.15) is 0 Å². The molecular weight excluding hydrogens is 510 g/mol. The number of nitrogens with zero attached hydrogens (tertiary/aromatic N) is 3. The molecule has 11 heteroatoms. The summed E-state index contributed by atoms with van der Waals surface area (Å²) in [6.07, 6.45) is 3.21. The van der Waals surface area contributed by atoms with E-state index in [0.29, 0.717) is 64.7 Å². The molecule has 2 aliphatic rings. The van der Waals surface area contributed by atoms with Gasteiger partial charge in [0.1, 0.15) is 17.6 Å². The second-order valence-corrected chi connectivity index (χ2v) is 11.3. The maximum absolute atomic E-state index is 14.0. The van der Waals surface area contributed by atoms with Gasteiger partial charge in [-0.1, -0.05) is 43.7 Å². The number of hydrogen-bond donors (Lipinski definition) is 4. The van der Waals surface area contributed by atoms with E-state index in [4.69, 9.17) is 11.5 Å². The summed E-state index contributed by atoms with van der Waals surface area (Å²) in [5, 5.41) is 5.77. The van der Waals surface area contributed by atoms with Gasteiger partial charge in [0, 0.05) is 33.1 Å². The van der Waals surface area contributed by atoms with E-state index in [-0.39, 0.29) is 35.5 Å². The lowest BCUT2D eigenvalue weighted by atomic mass is 9.92. The van der Waals surface area contributed by atoms with Crippen LogP contribution in [0.2, 0.25) is 0 Å². The van der Waals surface area contributed by atoms with E-state index in [0.717, 1.165) is 5.56 Å². The maximum atomic E-state index is 14.0. The average Bonchev–Trinajstić information content (AvgIpc) is 3.46. The lowest BCUT2D eigenvalue weighted by molar-refractivity contribution is -0.151. The van der Waals surface area contributed by atoms with Crippen LogP contribution in [0.1, 0.15) is 64.0 Å². The lowest BCUT2D eigenvalue weighted by Gasteiger charge is -2.37. The topological polar surface area (TPSA) is 163 Å². The summed E-state index contributed by atoms with van der Waals surface area (Å²) >= 11 is 0. The quantitative estimate of drug-likeness (QED) is 0.170. The van der Waals surface area contributed by atoms with Gasteiger partial charge >= 0.3 is 0 Å². The van der Waals surface area contributed by atoms with Crippen LogP contribution >= 0.6 is 0 Å². The van der Waals surface area contributed by atoms with E-state index in [2.05, 4.69) is 27.8 Å². The highest BCUT2D eigenvalue weighted by Gasteiger charge is 2.57. The summed E-state index contributed by atoms with van der Waals surface area (Å²) in [4.78, 5) is 60.3. The maximum Gasteiger partial charge on any atom is 0.249 e. The van der Waals surface area contributed by atoms with Crippen molar-refractivity contribution >= 4 is 29.6 Å². The first-order valence-electron chi connectivity index (χ1n) is 14.2. The number of aliphatic imine (C=N–C) groups is 1. The predicted octanol–water partition coefficient (Wildman–Crippen LogP) is 0.830. The summed E-state index contributed by atoms with van der Waals surface area (Å²) in [7, 11) is 0. The summed E-state index contributed by atoms with van der Waals surface area (Å²) in [5.74, 6) is -1.11. The number of guanidine groups is 1.